The third kappa shape index (κ3) is 3.24. The molecule has 0 radical (unpaired) electrons. The first-order chi connectivity index (χ1) is 5.21. The molecule has 0 aromatic carbocycles. The topological polar surface area (TPSA) is 9.23 Å². The van der Waals surface area contributed by atoms with Gasteiger partial charge in [-0.15, -0.1) is 0 Å². The van der Waals surface area contributed by atoms with Gasteiger partial charge in [0.25, 0.3) is 0 Å². The average molecular weight is 200 g/mol. The zero-order valence-electron chi connectivity index (χ0n) is 5.34. The summed E-state index contributed by atoms with van der Waals surface area (Å²) >= 11 is 0. The molecule has 0 spiro atoms. The lowest BCUT2D eigenvalue weighted by Crippen LogP contribution is -2.39. The number of ether oxygens (including phenoxy) is 1. The van der Waals surface area contributed by atoms with Crippen LogP contribution >= 0.6 is 0 Å². The van der Waals surface area contributed by atoms with Crippen molar-refractivity contribution in [2.75, 3.05) is 6.67 Å². The van der Waals surface area contributed by atoms with E-state index in [0.29, 0.717) is 0 Å². The van der Waals surface area contributed by atoms with Gasteiger partial charge in [0.2, 0.25) is 0 Å². The zero-order valence-corrected chi connectivity index (χ0v) is 5.34. The highest BCUT2D eigenvalue weighted by atomic mass is 19.3. The van der Waals surface area contributed by atoms with E-state index in [1.807, 2.05) is 0 Å². The molecule has 0 rings (SSSR count). The van der Waals surface area contributed by atoms with E-state index in [1.165, 1.54) is 0 Å². The van der Waals surface area contributed by atoms with Crippen molar-refractivity contribution in [2.45, 2.75) is 18.6 Å². The first-order valence-corrected chi connectivity index (χ1v) is 2.51. The second kappa shape index (κ2) is 3.46. The van der Waals surface area contributed by atoms with Crippen molar-refractivity contribution in [3.05, 3.63) is 0 Å². The van der Waals surface area contributed by atoms with E-state index in [4.69, 9.17) is 0 Å². The van der Waals surface area contributed by atoms with Gasteiger partial charge in [-0.25, -0.2) is 17.9 Å². The first-order valence-electron chi connectivity index (χ1n) is 2.51. The van der Waals surface area contributed by atoms with Crippen molar-refractivity contribution in [1.29, 1.82) is 0 Å². The number of hydrogen-bond donors (Lipinski definition) is 0. The number of alkyl halides is 7. The normalized spacial score (nSPS) is 14.0. The van der Waals surface area contributed by atoms with E-state index in [0.717, 1.165) is 0 Å². The third-order valence-corrected chi connectivity index (χ3v) is 0.695. The van der Waals surface area contributed by atoms with Crippen LogP contribution in [0.15, 0.2) is 0 Å². The van der Waals surface area contributed by atoms with Crippen molar-refractivity contribution in [1.82, 2.24) is 0 Å². The van der Waals surface area contributed by atoms with Crippen molar-refractivity contribution in [3.8, 4) is 0 Å². The van der Waals surface area contributed by atoms with Gasteiger partial charge in [0, 0.05) is 0 Å². The van der Waals surface area contributed by atoms with Crippen LogP contribution in [0.25, 0.3) is 0 Å². The minimum atomic E-state index is -5.34. The highest BCUT2D eigenvalue weighted by Crippen LogP contribution is 2.31. The minimum absolute atomic E-state index is 2.24. The summed E-state index contributed by atoms with van der Waals surface area (Å²) in [6, 6.07) is 0. The van der Waals surface area contributed by atoms with E-state index < -0.39 is 25.3 Å². The molecule has 0 heterocycles. The van der Waals surface area contributed by atoms with Crippen molar-refractivity contribution < 1.29 is 35.5 Å². The van der Waals surface area contributed by atoms with Gasteiger partial charge in [0.15, 0.2) is 6.67 Å². The summed E-state index contributed by atoms with van der Waals surface area (Å²) in [6.45, 7) is -2.59. The molecule has 0 saturated heterocycles. The minimum Gasteiger partial charge on any atom is -0.249 e. The smallest absolute Gasteiger partial charge is 0.249 e. The van der Waals surface area contributed by atoms with E-state index >= 15 is 0 Å². The lowest BCUT2D eigenvalue weighted by Gasteiger charge is -2.20. The fourth-order valence-electron chi connectivity index (χ4n) is 0.271. The van der Waals surface area contributed by atoms with Crippen LogP contribution in [0.3, 0.4) is 0 Å². The van der Waals surface area contributed by atoms with Crippen LogP contribution in [0.4, 0.5) is 30.7 Å². The van der Waals surface area contributed by atoms with Crippen LogP contribution in [-0.4, -0.2) is 25.3 Å². The van der Waals surface area contributed by atoms with Crippen LogP contribution in [0, 0.1) is 0 Å². The maximum Gasteiger partial charge on any atom is 0.421 e. The summed E-state index contributed by atoms with van der Waals surface area (Å²) in [5.41, 5.74) is 0. The zero-order chi connectivity index (χ0) is 9.99. The summed E-state index contributed by atoms with van der Waals surface area (Å²) in [7, 11) is 0. The van der Waals surface area contributed by atoms with E-state index in [9.17, 15) is 30.7 Å². The molecule has 0 aliphatic rings. The summed E-state index contributed by atoms with van der Waals surface area (Å²) in [5.74, 6) is 0. The molecule has 0 atom stereocenters. The summed E-state index contributed by atoms with van der Waals surface area (Å²) < 4.78 is 82.1. The SMILES string of the molecule is FCC(F)(F)OC(F)(F)C(F)F. The fourth-order valence-corrected chi connectivity index (χ4v) is 0.271. The Morgan fingerprint density at radius 1 is 1.08 bits per heavy atom. The molecule has 0 aromatic heterocycles. The van der Waals surface area contributed by atoms with Crippen molar-refractivity contribution in [3.63, 3.8) is 0 Å². The molecule has 74 valence electrons. The Morgan fingerprint density at radius 3 is 1.75 bits per heavy atom. The molecular formula is C4H3F7O. The van der Waals surface area contributed by atoms with Crippen molar-refractivity contribution >= 4 is 0 Å². The fraction of sp³-hybridized carbons (Fsp3) is 1.00. The molecule has 12 heavy (non-hydrogen) atoms. The van der Waals surface area contributed by atoms with E-state index in [2.05, 4.69) is 4.74 Å². The molecule has 0 unspecified atom stereocenters. The predicted molar refractivity (Wildman–Crippen MR) is 23.0 cm³/mol. The predicted octanol–water partition coefficient (Wildman–Crippen LogP) is 2.42. The van der Waals surface area contributed by atoms with Crippen LogP contribution in [-0.2, 0) is 4.74 Å². The average Bonchev–Trinajstić information content (AvgIpc) is 1.85. The van der Waals surface area contributed by atoms with E-state index in [-0.39, 0.29) is 0 Å². The molecule has 0 saturated carbocycles. The van der Waals surface area contributed by atoms with Gasteiger partial charge in [-0.3, -0.25) is 0 Å². The molecule has 0 amide bonds. The summed E-state index contributed by atoms with van der Waals surface area (Å²) in [5, 5.41) is 0. The molecule has 1 nitrogen and oxygen atoms in total. The molecule has 0 fully saturated rings. The van der Waals surface area contributed by atoms with Crippen LogP contribution in [0.5, 0.6) is 0 Å². The second-order valence-corrected chi connectivity index (χ2v) is 1.74. The van der Waals surface area contributed by atoms with Crippen LogP contribution in [0.2, 0.25) is 0 Å². The Labute approximate surface area is 62.1 Å². The summed E-state index contributed by atoms with van der Waals surface area (Å²) in [6.07, 6.45) is -14.6. The Bertz CT molecular complexity index is 144. The molecule has 0 aromatic rings. The van der Waals surface area contributed by atoms with Gasteiger partial charge in [-0.05, 0) is 0 Å². The molecular weight excluding hydrogens is 197 g/mol. The van der Waals surface area contributed by atoms with Gasteiger partial charge in [0.1, 0.15) is 0 Å². The quantitative estimate of drug-likeness (QED) is 0.633. The third-order valence-electron chi connectivity index (χ3n) is 0.695. The van der Waals surface area contributed by atoms with E-state index in [1.54, 1.807) is 0 Å². The Morgan fingerprint density at radius 2 is 1.50 bits per heavy atom. The van der Waals surface area contributed by atoms with Gasteiger partial charge in [-0.2, -0.15) is 17.6 Å². The molecule has 0 aliphatic heterocycles. The molecule has 0 aliphatic carbocycles. The first kappa shape index (κ1) is 11.5. The molecule has 0 bridgehead atoms. The van der Waals surface area contributed by atoms with Gasteiger partial charge < -0.3 is 0 Å². The Hall–Kier alpha value is -0.530. The maximum atomic E-state index is 11.6. The van der Waals surface area contributed by atoms with Gasteiger partial charge in [0.05, 0.1) is 0 Å². The Kier molecular flexibility index (Phi) is 3.31. The van der Waals surface area contributed by atoms with Gasteiger partial charge in [-0.1, -0.05) is 0 Å². The van der Waals surface area contributed by atoms with Crippen LogP contribution < -0.4 is 0 Å². The molecule has 0 N–H and O–H groups in total. The number of hydrogen-bond acceptors (Lipinski definition) is 1. The largest absolute Gasteiger partial charge is 0.421 e. The summed E-state index contributed by atoms with van der Waals surface area (Å²) in [4.78, 5) is 0. The lowest BCUT2D eigenvalue weighted by atomic mass is 10.6. The highest BCUT2D eigenvalue weighted by Gasteiger charge is 2.51. The standard InChI is InChI=1S/C4H3F7O/c5-1-3(8,9)12-4(10,11)2(6)7/h2H,1H2. The molecule has 8 heteroatoms. The Balaban J connectivity index is 4.23. The number of halogens is 7. The maximum absolute atomic E-state index is 11.6. The lowest BCUT2D eigenvalue weighted by molar-refractivity contribution is -0.406. The monoisotopic (exact) mass is 200 g/mol. The number of rotatable bonds is 4. The van der Waals surface area contributed by atoms with Gasteiger partial charge >= 0.3 is 18.6 Å². The highest BCUT2D eigenvalue weighted by molar-refractivity contribution is 4.60. The van der Waals surface area contributed by atoms with Crippen molar-refractivity contribution in [2.24, 2.45) is 0 Å². The van der Waals surface area contributed by atoms with Crippen LogP contribution in [0.1, 0.15) is 0 Å². The second-order valence-electron chi connectivity index (χ2n) is 1.74.